The highest BCUT2D eigenvalue weighted by molar-refractivity contribution is 8.18. The van der Waals surface area contributed by atoms with Crippen molar-refractivity contribution in [1.82, 2.24) is 4.90 Å². The predicted molar refractivity (Wildman–Crippen MR) is 107 cm³/mol. The summed E-state index contributed by atoms with van der Waals surface area (Å²) in [6.45, 7) is 2.46. The fourth-order valence-corrected chi connectivity index (χ4v) is 3.61. The number of hydrogen-bond donors (Lipinski definition) is 0. The maximum Gasteiger partial charge on any atom is 0.293 e. The quantitative estimate of drug-likeness (QED) is 0.683. The van der Waals surface area contributed by atoms with Crippen LogP contribution in [0.3, 0.4) is 0 Å². The third kappa shape index (κ3) is 4.02. The lowest BCUT2D eigenvalue weighted by atomic mass is 10.1. The topological polar surface area (TPSA) is 79.6 Å². The van der Waals surface area contributed by atoms with E-state index in [1.54, 1.807) is 55.7 Å². The van der Waals surface area contributed by atoms with Crippen molar-refractivity contribution >= 4 is 29.0 Å². The number of benzene rings is 2. The van der Waals surface area contributed by atoms with Gasteiger partial charge >= 0.3 is 0 Å². The summed E-state index contributed by atoms with van der Waals surface area (Å²) in [6.07, 6.45) is 1.65. The van der Waals surface area contributed by atoms with Crippen molar-refractivity contribution in [3.63, 3.8) is 0 Å². The van der Waals surface area contributed by atoms with Gasteiger partial charge in [-0.15, -0.1) is 0 Å². The number of ether oxygens (including phenoxy) is 2. The molecule has 0 radical (unpaired) electrons. The summed E-state index contributed by atoms with van der Waals surface area (Å²) in [5.74, 6) is 0.789. The van der Waals surface area contributed by atoms with Gasteiger partial charge < -0.3 is 9.47 Å². The summed E-state index contributed by atoms with van der Waals surface area (Å²) in [5, 5.41) is 8.84. The van der Waals surface area contributed by atoms with Crippen LogP contribution in [0.5, 0.6) is 11.5 Å². The van der Waals surface area contributed by atoms with Gasteiger partial charge in [-0.25, -0.2) is 0 Å². The lowest BCUT2D eigenvalue weighted by Crippen LogP contribution is -2.27. The van der Waals surface area contributed by atoms with Crippen molar-refractivity contribution in [3.8, 4) is 17.6 Å². The van der Waals surface area contributed by atoms with Crippen molar-refractivity contribution < 1.29 is 19.1 Å². The van der Waals surface area contributed by atoms with E-state index >= 15 is 0 Å². The van der Waals surface area contributed by atoms with Crippen LogP contribution in [-0.4, -0.2) is 29.8 Å². The third-order valence-corrected chi connectivity index (χ3v) is 5.03. The van der Waals surface area contributed by atoms with Gasteiger partial charge in [-0.05, 0) is 54.1 Å². The summed E-state index contributed by atoms with van der Waals surface area (Å²) in [7, 11) is 1.54. The summed E-state index contributed by atoms with van der Waals surface area (Å²) in [6, 6.07) is 14.3. The van der Waals surface area contributed by atoms with Crippen molar-refractivity contribution in [2.24, 2.45) is 0 Å². The summed E-state index contributed by atoms with van der Waals surface area (Å²) in [4.78, 5) is 26.6. The number of thioether (sulfide) groups is 1. The molecule has 0 spiro atoms. The lowest BCUT2D eigenvalue weighted by molar-refractivity contribution is -0.123. The third-order valence-electron chi connectivity index (χ3n) is 4.13. The number of methoxy groups -OCH3 is 1. The number of hydrogen-bond acceptors (Lipinski definition) is 6. The van der Waals surface area contributed by atoms with E-state index in [1.165, 1.54) is 0 Å². The second-order valence-corrected chi connectivity index (χ2v) is 6.87. The van der Waals surface area contributed by atoms with Crippen LogP contribution in [0.1, 0.15) is 23.6 Å². The van der Waals surface area contributed by atoms with Gasteiger partial charge in [-0.2, -0.15) is 5.26 Å². The molecule has 6 nitrogen and oxygen atoms in total. The van der Waals surface area contributed by atoms with E-state index < -0.39 is 0 Å². The highest BCUT2D eigenvalue weighted by atomic mass is 32.2. The van der Waals surface area contributed by atoms with E-state index in [9.17, 15) is 14.9 Å². The Morgan fingerprint density at radius 3 is 2.68 bits per heavy atom. The normalized spacial score (nSPS) is 15.0. The van der Waals surface area contributed by atoms with Crippen LogP contribution in [0.4, 0.5) is 4.79 Å². The van der Waals surface area contributed by atoms with E-state index in [-0.39, 0.29) is 17.7 Å². The zero-order valence-electron chi connectivity index (χ0n) is 15.5. The molecule has 0 bridgehead atoms. The molecule has 0 saturated carbocycles. The van der Waals surface area contributed by atoms with Crippen LogP contribution < -0.4 is 9.47 Å². The van der Waals surface area contributed by atoms with Gasteiger partial charge in [0.1, 0.15) is 0 Å². The standard InChI is InChI=1S/C21H18N2O4S/c1-3-27-17-9-8-14(10-18(17)26-2)11-19-20(24)23(21(25)28-19)13-16-7-5-4-6-15(16)12-22/h4-11H,3,13H2,1-2H3/b19-11+. The molecular formula is C21H18N2O4S. The smallest absolute Gasteiger partial charge is 0.293 e. The number of imide groups is 1. The Kier molecular flexibility index (Phi) is 6.02. The van der Waals surface area contributed by atoms with Crippen molar-refractivity contribution in [3.05, 3.63) is 64.1 Å². The molecule has 142 valence electrons. The van der Waals surface area contributed by atoms with Gasteiger partial charge in [-0.1, -0.05) is 24.3 Å². The SMILES string of the molecule is CCOc1ccc(/C=C2/SC(=O)N(Cc3ccccc3C#N)C2=O)cc1OC. The zero-order chi connectivity index (χ0) is 20.1. The first-order valence-corrected chi connectivity index (χ1v) is 9.43. The van der Waals surface area contributed by atoms with E-state index in [4.69, 9.17) is 9.47 Å². The van der Waals surface area contributed by atoms with Gasteiger partial charge in [-0.3, -0.25) is 14.5 Å². The second-order valence-electron chi connectivity index (χ2n) is 5.88. The molecule has 1 aliphatic rings. The molecule has 1 aliphatic heterocycles. The average Bonchev–Trinajstić information content (AvgIpc) is 2.97. The molecule has 2 aromatic carbocycles. The molecule has 0 aromatic heterocycles. The fraction of sp³-hybridized carbons (Fsp3) is 0.190. The Labute approximate surface area is 167 Å². The van der Waals surface area contributed by atoms with Gasteiger partial charge in [0.05, 0.1) is 36.8 Å². The Morgan fingerprint density at radius 1 is 1.18 bits per heavy atom. The number of amides is 2. The fourth-order valence-electron chi connectivity index (χ4n) is 2.77. The van der Waals surface area contributed by atoms with Gasteiger partial charge in [0.25, 0.3) is 11.1 Å². The van der Waals surface area contributed by atoms with Crippen LogP contribution in [0, 0.1) is 11.3 Å². The highest BCUT2D eigenvalue weighted by Gasteiger charge is 2.35. The zero-order valence-corrected chi connectivity index (χ0v) is 16.3. The van der Waals surface area contributed by atoms with Crippen LogP contribution in [0.25, 0.3) is 6.08 Å². The Hall–Kier alpha value is -3.24. The molecule has 2 amide bonds. The molecule has 28 heavy (non-hydrogen) atoms. The minimum Gasteiger partial charge on any atom is -0.493 e. The molecular weight excluding hydrogens is 376 g/mol. The molecule has 0 unspecified atom stereocenters. The molecule has 1 fully saturated rings. The Balaban J connectivity index is 1.84. The minimum atomic E-state index is -0.379. The molecule has 1 heterocycles. The van der Waals surface area contributed by atoms with Crippen molar-refractivity contribution in [2.45, 2.75) is 13.5 Å². The van der Waals surface area contributed by atoms with Crippen LogP contribution in [0.15, 0.2) is 47.4 Å². The Morgan fingerprint density at radius 2 is 1.96 bits per heavy atom. The Bertz CT molecular complexity index is 994. The first-order valence-electron chi connectivity index (χ1n) is 8.61. The van der Waals surface area contributed by atoms with E-state index in [0.29, 0.717) is 34.1 Å². The first-order chi connectivity index (χ1) is 13.6. The monoisotopic (exact) mass is 394 g/mol. The molecule has 2 aromatic rings. The largest absolute Gasteiger partial charge is 0.493 e. The average molecular weight is 394 g/mol. The molecule has 3 rings (SSSR count). The maximum absolute atomic E-state index is 12.7. The summed E-state index contributed by atoms with van der Waals surface area (Å²) < 4.78 is 10.8. The molecule has 0 atom stereocenters. The van der Waals surface area contributed by atoms with Crippen molar-refractivity contribution in [1.29, 1.82) is 5.26 Å². The lowest BCUT2D eigenvalue weighted by Gasteiger charge is -2.13. The first kappa shape index (κ1) is 19.5. The van der Waals surface area contributed by atoms with Crippen LogP contribution in [-0.2, 0) is 11.3 Å². The van der Waals surface area contributed by atoms with E-state index in [0.717, 1.165) is 22.2 Å². The number of carbonyl (C=O) groups excluding carboxylic acids is 2. The van der Waals surface area contributed by atoms with Crippen molar-refractivity contribution in [2.75, 3.05) is 13.7 Å². The van der Waals surface area contributed by atoms with Gasteiger partial charge in [0.15, 0.2) is 11.5 Å². The number of carbonyl (C=O) groups is 2. The van der Waals surface area contributed by atoms with E-state index in [1.807, 2.05) is 6.92 Å². The molecule has 0 aliphatic carbocycles. The van der Waals surface area contributed by atoms with Gasteiger partial charge in [0, 0.05) is 0 Å². The van der Waals surface area contributed by atoms with Gasteiger partial charge in [0.2, 0.25) is 0 Å². The minimum absolute atomic E-state index is 0.0678. The summed E-state index contributed by atoms with van der Waals surface area (Å²) in [5.41, 5.74) is 1.81. The maximum atomic E-state index is 12.7. The molecule has 0 N–H and O–H groups in total. The predicted octanol–water partition coefficient (Wildman–Crippen LogP) is 4.20. The van der Waals surface area contributed by atoms with Crippen LogP contribution >= 0.6 is 11.8 Å². The van der Waals surface area contributed by atoms with E-state index in [2.05, 4.69) is 6.07 Å². The highest BCUT2D eigenvalue weighted by Crippen LogP contribution is 2.35. The van der Waals surface area contributed by atoms with Crippen LogP contribution in [0.2, 0.25) is 0 Å². The number of nitrogens with zero attached hydrogens (tertiary/aromatic N) is 2. The number of rotatable bonds is 6. The second kappa shape index (κ2) is 8.63. The molecule has 7 heteroatoms. The summed E-state index contributed by atoms with van der Waals surface area (Å²) >= 11 is 0.881. The molecule has 1 saturated heterocycles. The number of nitriles is 1.